The maximum atomic E-state index is 12.1. The van der Waals surface area contributed by atoms with Crippen molar-refractivity contribution < 1.29 is 4.79 Å². The van der Waals surface area contributed by atoms with Gasteiger partial charge in [0.1, 0.15) is 0 Å². The van der Waals surface area contributed by atoms with Crippen molar-refractivity contribution in [2.24, 2.45) is 0 Å². The molecule has 0 spiro atoms. The fraction of sp³-hybridized carbons (Fsp3) is 0.316. The van der Waals surface area contributed by atoms with Gasteiger partial charge in [-0.15, -0.1) is 0 Å². The van der Waals surface area contributed by atoms with Crippen LogP contribution in [0, 0.1) is 6.92 Å². The van der Waals surface area contributed by atoms with Crippen molar-refractivity contribution in [3.63, 3.8) is 0 Å². The first-order valence-corrected chi connectivity index (χ1v) is 8.09. The van der Waals surface area contributed by atoms with E-state index in [-0.39, 0.29) is 5.91 Å². The number of aryl methyl sites for hydroxylation is 1. The summed E-state index contributed by atoms with van der Waals surface area (Å²) in [5.41, 5.74) is 3.16. The van der Waals surface area contributed by atoms with Gasteiger partial charge in [0.15, 0.2) is 0 Å². The maximum Gasteiger partial charge on any atom is 0.252 e. The second-order valence-electron chi connectivity index (χ2n) is 5.97. The molecule has 4 heteroatoms. The van der Waals surface area contributed by atoms with Gasteiger partial charge in [-0.25, -0.2) is 0 Å². The highest BCUT2D eigenvalue weighted by Crippen LogP contribution is 2.15. The second-order valence-corrected chi connectivity index (χ2v) is 5.97. The summed E-state index contributed by atoms with van der Waals surface area (Å²) in [5, 5.41) is 3.01. The topological polar surface area (TPSA) is 35.6 Å². The fourth-order valence-corrected chi connectivity index (χ4v) is 2.79. The number of nitrogens with one attached hydrogen (secondary N) is 1. The van der Waals surface area contributed by atoms with E-state index in [2.05, 4.69) is 39.4 Å². The number of carbonyl (C=O) groups is 1. The first-order valence-electron chi connectivity index (χ1n) is 8.09. The highest BCUT2D eigenvalue weighted by atomic mass is 16.1. The molecule has 1 N–H and O–H groups in total. The molecule has 0 saturated carbocycles. The average Bonchev–Trinajstić information content (AvgIpc) is 2.61. The quantitative estimate of drug-likeness (QED) is 0.942. The lowest BCUT2D eigenvalue weighted by Gasteiger charge is -2.36. The molecule has 0 unspecified atom stereocenters. The summed E-state index contributed by atoms with van der Waals surface area (Å²) in [6, 6.07) is 18.2. The molecule has 1 saturated heterocycles. The van der Waals surface area contributed by atoms with Crippen LogP contribution in [0.4, 0.5) is 5.69 Å². The van der Waals surface area contributed by atoms with Crippen LogP contribution in [0.3, 0.4) is 0 Å². The van der Waals surface area contributed by atoms with Crippen LogP contribution >= 0.6 is 0 Å². The van der Waals surface area contributed by atoms with Crippen molar-refractivity contribution in [2.45, 2.75) is 6.92 Å². The lowest BCUT2D eigenvalue weighted by Crippen LogP contribution is -2.50. The molecule has 23 heavy (non-hydrogen) atoms. The van der Waals surface area contributed by atoms with Gasteiger partial charge in [0.05, 0.1) is 6.67 Å². The Balaban J connectivity index is 1.46. The van der Waals surface area contributed by atoms with Gasteiger partial charge in [-0.05, 0) is 31.2 Å². The number of nitrogens with zero attached hydrogens (tertiary/aromatic N) is 2. The highest BCUT2D eigenvalue weighted by Gasteiger charge is 2.17. The smallest absolute Gasteiger partial charge is 0.252 e. The molecule has 1 fully saturated rings. The van der Waals surface area contributed by atoms with Gasteiger partial charge < -0.3 is 10.2 Å². The number of anilines is 1. The Labute approximate surface area is 137 Å². The molecule has 0 atom stereocenters. The summed E-state index contributed by atoms with van der Waals surface area (Å²) in [4.78, 5) is 16.8. The lowest BCUT2D eigenvalue weighted by molar-refractivity contribution is 0.0920. The minimum atomic E-state index is -0.00418. The van der Waals surface area contributed by atoms with E-state index >= 15 is 0 Å². The van der Waals surface area contributed by atoms with E-state index in [0.29, 0.717) is 6.67 Å². The zero-order valence-corrected chi connectivity index (χ0v) is 13.5. The molecule has 0 aliphatic carbocycles. The zero-order valence-electron chi connectivity index (χ0n) is 13.5. The van der Waals surface area contributed by atoms with Crippen LogP contribution < -0.4 is 10.2 Å². The van der Waals surface area contributed by atoms with Gasteiger partial charge in [0.2, 0.25) is 0 Å². The summed E-state index contributed by atoms with van der Waals surface area (Å²) in [6.07, 6.45) is 0. The number of benzene rings is 2. The fourth-order valence-electron chi connectivity index (χ4n) is 2.79. The van der Waals surface area contributed by atoms with Crippen molar-refractivity contribution in [2.75, 3.05) is 37.7 Å². The van der Waals surface area contributed by atoms with E-state index in [0.717, 1.165) is 31.7 Å². The molecule has 1 heterocycles. The minimum absolute atomic E-state index is 0.00418. The third-order valence-corrected chi connectivity index (χ3v) is 4.27. The summed E-state index contributed by atoms with van der Waals surface area (Å²) < 4.78 is 0. The predicted octanol–water partition coefficient (Wildman–Crippen LogP) is 2.50. The standard InChI is InChI=1S/C19H23N3O/c1-16-7-9-17(10-8-16)19(23)20-15-21-11-13-22(14-12-21)18-5-3-2-4-6-18/h2-10H,11-15H2,1H3,(H,20,23). The molecular weight excluding hydrogens is 286 g/mol. The van der Waals surface area contributed by atoms with E-state index in [1.165, 1.54) is 11.3 Å². The van der Waals surface area contributed by atoms with Crippen LogP contribution in [-0.2, 0) is 0 Å². The molecule has 4 nitrogen and oxygen atoms in total. The van der Waals surface area contributed by atoms with Gasteiger partial charge in [0, 0.05) is 37.4 Å². The molecule has 0 bridgehead atoms. The monoisotopic (exact) mass is 309 g/mol. The van der Waals surface area contributed by atoms with Crippen molar-refractivity contribution in [3.05, 3.63) is 65.7 Å². The molecule has 2 aromatic rings. The molecule has 1 amide bonds. The van der Waals surface area contributed by atoms with Gasteiger partial charge in [-0.3, -0.25) is 9.69 Å². The lowest BCUT2D eigenvalue weighted by atomic mass is 10.1. The van der Waals surface area contributed by atoms with Crippen LogP contribution in [0.1, 0.15) is 15.9 Å². The highest BCUT2D eigenvalue weighted by molar-refractivity contribution is 5.94. The molecular formula is C19H23N3O. The number of para-hydroxylation sites is 1. The number of piperazine rings is 1. The molecule has 0 radical (unpaired) electrons. The van der Waals surface area contributed by atoms with Crippen molar-refractivity contribution in [1.82, 2.24) is 10.2 Å². The Morgan fingerprint density at radius 2 is 1.61 bits per heavy atom. The van der Waals surface area contributed by atoms with Crippen molar-refractivity contribution in [3.8, 4) is 0 Å². The SMILES string of the molecule is Cc1ccc(C(=O)NCN2CCN(c3ccccc3)CC2)cc1. The van der Waals surface area contributed by atoms with E-state index in [1.807, 2.05) is 37.3 Å². The normalized spacial score (nSPS) is 15.4. The summed E-state index contributed by atoms with van der Waals surface area (Å²) in [7, 11) is 0. The molecule has 2 aromatic carbocycles. The van der Waals surface area contributed by atoms with Gasteiger partial charge in [0.25, 0.3) is 5.91 Å². The van der Waals surface area contributed by atoms with Crippen LogP contribution in [0.15, 0.2) is 54.6 Å². The van der Waals surface area contributed by atoms with Crippen LogP contribution in [0.25, 0.3) is 0 Å². The largest absolute Gasteiger partial charge is 0.369 e. The molecule has 120 valence electrons. The Kier molecular flexibility index (Phi) is 4.93. The number of hydrogen-bond acceptors (Lipinski definition) is 3. The van der Waals surface area contributed by atoms with E-state index in [4.69, 9.17) is 0 Å². The molecule has 1 aliphatic heterocycles. The number of rotatable bonds is 4. The first-order chi connectivity index (χ1) is 11.2. The van der Waals surface area contributed by atoms with E-state index in [1.54, 1.807) is 0 Å². The van der Waals surface area contributed by atoms with Gasteiger partial charge >= 0.3 is 0 Å². The van der Waals surface area contributed by atoms with Crippen LogP contribution in [0.2, 0.25) is 0 Å². The molecule has 1 aliphatic rings. The van der Waals surface area contributed by atoms with Crippen molar-refractivity contribution >= 4 is 11.6 Å². The first kappa shape index (κ1) is 15.6. The number of amides is 1. The summed E-state index contributed by atoms with van der Waals surface area (Å²) in [6.45, 7) is 6.53. The third kappa shape index (κ3) is 4.11. The number of hydrogen-bond donors (Lipinski definition) is 1. The van der Waals surface area contributed by atoms with E-state index in [9.17, 15) is 4.79 Å². The Bertz CT molecular complexity index is 631. The Morgan fingerprint density at radius 3 is 2.26 bits per heavy atom. The second kappa shape index (κ2) is 7.29. The number of carbonyl (C=O) groups excluding carboxylic acids is 1. The average molecular weight is 309 g/mol. The van der Waals surface area contributed by atoms with Gasteiger partial charge in [-0.2, -0.15) is 0 Å². The van der Waals surface area contributed by atoms with E-state index < -0.39 is 0 Å². The van der Waals surface area contributed by atoms with Crippen LogP contribution in [-0.4, -0.2) is 43.7 Å². The molecule has 3 rings (SSSR count). The zero-order chi connectivity index (χ0) is 16.1. The Hall–Kier alpha value is -2.33. The maximum absolute atomic E-state index is 12.1. The van der Waals surface area contributed by atoms with Crippen molar-refractivity contribution in [1.29, 1.82) is 0 Å². The Morgan fingerprint density at radius 1 is 0.957 bits per heavy atom. The third-order valence-electron chi connectivity index (χ3n) is 4.27. The summed E-state index contributed by atoms with van der Waals surface area (Å²) in [5.74, 6) is -0.00418. The molecule has 0 aromatic heterocycles. The minimum Gasteiger partial charge on any atom is -0.369 e. The van der Waals surface area contributed by atoms with Gasteiger partial charge in [-0.1, -0.05) is 35.9 Å². The van der Waals surface area contributed by atoms with Crippen LogP contribution in [0.5, 0.6) is 0 Å². The summed E-state index contributed by atoms with van der Waals surface area (Å²) >= 11 is 0. The predicted molar refractivity (Wildman–Crippen MR) is 93.7 cm³/mol.